The minimum absolute atomic E-state index is 0.154. The van der Waals surface area contributed by atoms with Crippen LogP contribution in [-0.4, -0.2) is 37.3 Å². The van der Waals surface area contributed by atoms with Crippen LogP contribution in [0.4, 0.5) is 17.2 Å². The summed E-state index contributed by atoms with van der Waals surface area (Å²) >= 11 is 0. The first-order valence-corrected chi connectivity index (χ1v) is 12.5. The van der Waals surface area contributed by atoms with Crippen molar-refractivity contribution in [3.8, 4) is 0 Å². The highest BCUT2D eigenvalue weighted by molar-refractivity contribution is 7.92. The summed E-state index contributed by atoms with van der Waals surface area (Å²) in [4.78, 5) is 13.8. The molecular formula is C24H26N4O4S. The molecule has 1 amide bonds. The van der Waals surface area contributed by atoms with E-state index in [2.05, 4.69) is 15.7 Å². The number of amides is 1. The maximum Gasteiger partial charge on any atom is 0.233 e. The smallest absolute Gasteiger partial charge is 0.233 e. The Morgan fingerprint density at radius 3 is 2.67 bits per heavy atom. The minimum atomic E-state index is -3.63. The quantitative estimate of drug-likeness (QED) is 0.463. The van der Waals surface area contributed by atoms with Gasteiger partial charge in [-0.1, -0.05) is 18.2 Å². The number of aryl methyl sites for hydroxylation is 1. The molecule has 172 valence electrons. The van der Waals surface area contributed by atoms with Crippen LogP contribution in [0.15, 0.2) is 64.5 Å². The van der Waals surface area contributed by atoms with Gasteiger partial charge in [-0.15, -0.1) is 0 Å². The van der Waals surface area contributed by atoms with Gasteiger partial charge in [0.25, 0.3) is 0 Å². The van der Waals surface area contributed by atoms with Crippen LogP contribution in [0.1, 0.15) is 30.7 Å². The Morgan fingerprint density at radius 1 is 1.15 bits per heavy atom. The van der Waals surface area contributed by atoms with E-state index in [9.17, 15) is 13.2 Å². The summed E-state index contributed by atoms with van der Waals surface area (Å²) in [6.45, 7) is 1.39. The first kappa shape index (κ1) is 21.7. The fraction of sp³-hybridized carbons (Fsp3) is 0.333. The zero-order valence-electron chi connectivity index (χ0n) is 18.3. The minimum Gasteiger partial charge on any atom is -0.381 e. The van der Waals surface area contributed by atoms with Crippen molar-refractivity contribution in [3.05, 3.63) is 60.3 Å². The molecule has 1 atom stereocenters. The van der Waals surface area contributed by atoms with E-state index in [-0.39, 0.29) is 15.7 Å². The van der Waals surface area contributed by atoms with E-state index in [1.807, 2.05) is 0 Å². The maximum absolute atomic E-state index is 13.4. The maximum atomic E-state index is 13.4. The number of carbonyl (C=O) groups is 1. The highest BCUT2D eigenvalue weighted by Crippen LogP contribution is 2.41. The Kier molecular flexibility index (Phi) is 5.67. The van der Waals surface area contributed by atoms with Crippen LogP contribution in [-0.2, 0) is 26.4 Å². The van der Waals surface area contributed by atoms with Crippen LogP contribution in [0.5, 0.6) is 0 Å². The molecule has 0 radical (unpaired) electrons. The van der Waals surface area contributed by atoms with E-state index in [1.165, 1.54) is 0 Å². The Balaban J connectivity index is 1.49. The Morgan fingerprint density at radius 2 is 1.91 bits per heavy atom. The largest absolute Gasteiger partial charge is 0.381 e. The second kappa shape index (κ2) is 8.64. The first-order valence-electron chi connectivity index (χ1n) is 11.0. The SMILES string of the molecule is Cn1ccc(NC(=O)C(CC2CCOCC2)c2ccc3c(c2)Nc2ccccc2S3(=O)=O)n1. The summed E-state index contributed by atoms with van der Waals surface area (Å²) in [5.74, 6) is 0.250. The molecule has 0 saturated carbocycles. The van der Waals surface area contributed by atoms with Crippen LogP contribution in [0.2, 0.25) is 0 Å². The molecule has 1 unspecified atom stereocenters. The highest BCUT2D eigenvalue weighted by atomic mass is 32.2. The molecule has 1 aromatic heterocycles. The molecule has 2 aromatic carbocycles. The number of anilines is 3. The van der Waals surface area contributed by atoms with Crippen LogP contribution < -0.4 is 10.6 Å². The fourth-order valence-corrected chi connectivity index (χ4v) is 6.12. The van der Waals surface area contributed by atoms with Gasteiger partial charge in [0, 0.05) is 32.5 Å². The van der Waals surface area contributed by atoms with Gasteiger partial charge in [-0.25, -0.2) is 8.42 Å². The molecule has 9 heteroatoms. The predicted molar refractivity (Wildman–Crippen MR) is 124 cm³/mol. The number of hydrogen-bond donors (Lipinski definition) is 2. The molecular weight excluding hydrogens is 440 g/mol. The lowest BCUT2D eigenvalue weighted by atomic mass is 9.84. The summed E-state index contributed by atoms with van der Waals surface area (Å²) in [7, 11) is -1.84. The van der Waals surface area contributed by atoms with E-state index in [1.54, 1.807) is 66.5 Å². The molecule has 8 nitrogen and oxygen atoms in total. The number of nitrogens with one attached hydrogen (secondary N) is 2. The number of sulfone groups is 1. The Labute approximate surface area is 192 Å². The molecule has 5 rings (SSSR count). The predicted octanol–water partition coefficient (Wildman–Crippen LogP) is 3.85. The third-order valence-electron chi connectivity index (χ3n) is 6.33. The number of aromatic nitrogens is 2. The van der Waals surface area contributed by atoms with Crippen molar-refractivity contribution in [2.75, 3.05) is 23.8 Å². The lowest BCUT2D eigenvalue weighted by Gasteiger charge is -2.27. The van der Waals surface area contributed by atoms with E-state index in [0.29, 0.717) is 42.7 Å². The molecule has 2 aliphatic heterocycles. The van der Waals surface area contributed by atoms with Gasteiger partial charge in [0.1, 0.15) is 0 Å². The van der Waals surface area contributed by atoms with Gasteiger partial charge in [0.15, 0.2) is 5.82 Å². The monoisotopic (exact) mass is 466 g/mol. The lowest BCUT2D eigenvalue weighted by Crippen LogP contribution is -2.26. The van der Waals surface area contributed by atoms with E-state index in [0.717, 1.165) is 18.4 Å². The standard InChI is InChI=1S/C24H26N4O4S/c1-28-11-8-23(27-28)26-24(29)18(14-16-9-12-32-13-10-16)17-6-7-22-20(15-17)25-19-4-2-3-5-21(19)33(22,30)31/h2-8,11,15-16,18,25H,9-10,12-14H2,1H3,(H,26,27,29). The molecule has 1 fully saturated rings. The number of fused-ring (bicyclic) bond motifs is 2. The Bertz CT molecular complexity index is 1300. The van der Waals surface area contributed by atoms with E-state index in [4.69, 9.17) is 4.74 Å². The van der Waals surface area contributed by atoms with Gasteiger partial charge in [-0.3, -0.25) is 9.48 Å². The molecule has 0 aliphatic carbocycles. The van der Waals surface area contributed by atoms with Crippen LogP contribution in [0, 0.1) is 5.92 Å². The van der Waals surface area contributed by atoms with Gasteiger partial charge >= 0.3 is 0 Å². The van der Waals surface area contributed by atoms with Gasteiger partial charge in [0.2, 0.25) is 15.7 Å². The molecule has 0 spiro atoms. The van der Waals surface area contributed by atoms with Crippen LogP contribution >= 0.6 is 0 Å². The van der Waals surface area contributed by atoms with Crippen molar-refractivity contribution < 1.29 is 17.9 Å². The van der Waals surface area contributed by atoms with Gasteiger partial charge < -0.3 is 15.4 Å². The summed E-state index contributed by atoms with van der Waals surface area (Å²) in [6, 6.07) is 13.8. The van der Waals surface area contributed by atoms with Crippen molar-refractivity contribution in [1.29, 1.82) is 0 Å². The summed E-state index contributed by atoms with van der Waals surface area (Å²) in [6.07, 6.45) is 4.23. The van der Waals surface area contributed by atoms with Gasteiger partial charge in [-0.05, 0) is 55.0 Å². The molecule has 3 aromatic rings. The fourth-order valence-electron chi connectivity index (χ4n) is 4.57. The average Bonchev–Trinajstić information content (AvgIpc) is 3.22. The molecule has 1 saturated heterocycles. The summed E-state index contributed by atoms with van der Waals surface area (Å²) in [5.41, 5.74) is 1.81. The highest BCUT2D eigenvalue weighted by Gasteiger charge is 2.32. The van der Waals surface area contributed by atoms with Crippen LogP contribution in [0.25, 0.3) is 0 Å². The third kappa shape index (κ3) is 4.26. The van der Waals surface area contributed by atoms with E-state index >= 15 is 0 Å². The van der Waals surface area contributed by atoms with Crippen molar-refractivity contribution in [2.45, 2.75) is 35.0 Å². The third-order valence-corrected chi connectivity index (χ3v) is 8.20. The first-order chi connectivity index (χ1) is 15.9. The Hall–Kier alpha value is -3.17. The molecule has 2 N–H and O–H groups in total. The zero-order valence-corrected chi connectivity index (χ0v) is 19.1. The molecule has 3 heterocycles. The number of nitrogens with zero attached hydrogens (tertiary/aromatic N) is 2. The topological polar surface area (TPSA) is 102 Å². The van der Waals surface area contributed by atoms with Crippen LogP contribution in [0.3, 0.4) is 0 Å². The number of carbonyl (C=O) groups excluding carboxylic acids is 1. The van der Waals surface area contributed by atoms with Crippen molar-refractivity contribution >= 4 is 32.9 Å². The second-order valence-corrected chi connectivity index (χ2v) is 10.5. The molecule has 33 heavy (non-hydrogen) atoms. The zero-order chi connectivity index (χ0) is 23.0. The van der Waals surface area contributed by atoms with E-state index < -0.39 is 15.8 Å². The number of hydrogen-bond acceptors (Lipinski definition) is 6. The van der Waals surface area contributed by atoms with Crippen molar-refractivity contribution in [3.63, 3.8) is 0 Å². The van der Waals surface area contributed by atoms with Gasteiger partial charge in [-0.2, -0.15) is 5.10 Å². The number of benzene rings is 2. The average molecular weight is 467 g/mol. The summed E-state index contributed by atoms with van der Waals surface area (Å²) in [5, 5.41) is 10.4. The lowest BCUT2D eigenvalue weighted by molar-refractivity contribution is -0.118. The summed E-state index contributed by atoms with van der Waals surface area (Å²) < 4.78 is 33.4. The number of para-hydroxylation sites is 1. The molecule has 2 aliphatic rings. The second-order valence-electron chi connectivity index (χ2n) is 8.59. The number of ether oxygens (including phenoxy) is 1. The van der Waals surface area contributed by atoms with Gasteiger partial charge in [0.05, 0.1) is 27.1 Å². The molecule has 0 bridgehead atoms. The van der Waals surface area contributed by atoms with Crippen molar-refractivity contribution in [1.82, 2.24) is 9.78 Å². The van der Waals surface area contributed by atoms with Crippen molar-refractivity contribution in [2.24, 2.45) is 13.0 Å². The normalized spacial score (nSPS) is 18.0. The number of rotatable bonds is 5.